The number of halogens is 1. The summed E-state index contributed by atoms with van der Waals surface area (Å²) in [4.78, 5) is 21.3. The molecule has 2 heterocycles. The van der Waals surface area contributed by atoms with Gasteiger partial charge < -0.3 is 10.2 Å². The smallest absolute Gasteiger partial charge is 0.164 e. The molecule has 6 heteroatoms. The number of unbranched alkanes of at least 4 members (excludes halogenated alkanes) is 1. The minimum atomic E-state index is -0.313. The lowest BCUT2D eigenvalue weighted by Gasteiger charge is -2.23. The van der Waals surface area contributed by atoms with Crippen LogP contribution in [0.4, 0.5) is 10.2 Å². The molecule has 234 valence electrons. The quantitative estimate of drug-likeness (QED) is 0.0841. The summed E-state index contributed by atoms with van der Waals surface area (Å²) in [6.45, 7) is 13.1. The van der Waals surface area contributed by atoms with Crippen LogP contribution >= 0.6 is 0 Å². The number of hydrogen-bond donors (Lipinski definition) is 1. The fourth-order valence-corrected chi connectivity index (χ4v) is 5.39. The SMILES string of the molecule is C#C/C=C(C#N)\C=C/C/C(C)=C/c1c(C(=O)CC(CCCC)CN2CCCC2)cc(NCC(/C=C\C)=C(F)/C=C/C)nc1C. The maximum absolute atomic E-state index is 14.7. The van der Waals surface area contributed by atoms with Gasteiger partial charge in [0.05, 0.1) is 11.6 Å². The number of nitriles is 1. The molecule has 0 radical (unpaired) electrons. The number of aromatic nitrogens is 1. The molecule has 5 nitrogen and oxygen atoms in total. The second-order valence-electron chi connectivity index (χ2n) is 11.4. The van der Waals surface area contributed by atoms with Crippen LogP contribution in [0.3, 0.4) is 0 Å². The molecule has 0 aliphatic carbocycles. The maximum atomic E-state index is 14.7. The molecule has 0 aromatic carbocycles. The summed E-state index contributed by atoms with van der Waals surface area (Å²) in [7, 11) is 0. The fraction of sp³-hybridized carbons (Fsp3) is 0.447. The average Bonchev–Trinajstić information content (AvgIpc) is 3.51. The summed E-state index contributed by atoms with van der Waals surface area (Å²) in [5.74, 6) is 3.00. The Morgan fingerprint density at radius 2 is 1.95 bits per heavy atom. The summed E-state index contributed by atoms with van der Waals surface area (Å²) >= 11 is 0. The minimum absolute atomic E-state index is 0.0986. The third-order valence-corrected chi connectivity index (χ3v) is 7.65. The molecular formula is C38H49FN4O. The van der Waals surface area contributed by atoms with Gasteiger partial charge in [0.15, 0.2) is 5.78 Å². The van der Waals surface area contributed by atoms with E-state index in [1.807, 2.05) is 39.0 Å². The van der Waals surface area contributed by atoms with Crippen molar-refractivity contribution in [1.29, 1.82) is 5.26 Å². The second-order valence-corrected chi connectivity index (χ2v) is 11.4. The van der Waals surface area contributed by atoms with Crippen LogP contribution in [0.1, 0.15) is 94.3 Å². The number of allylic oxidation sites excluding steroid dienone is 9. The van der Waals surface area contributed by atoms with Gasteiger partial charge in [-0.3, -0.25) is 4.79 Å². The first-order valence-electron chi connectivity index (χ1n) is 15.8. The zero-order chi connectivity index (χ0) is 32.3. The van der Waals surface area contributed by atoms with Crippen LogP contribution in [-0.2, 0) is 0 Å². The van der Waals surface area contributed by atoms with Gasteiger partial charge in [-0.25, -0.2) is 9.37 Å². The van der Waals surface area contributed by atoms with Crippen LogP contribution in [0.5, 0.6) is 0 Å². The number of carbonyl (C=O) groups excluding carboxylic acids is 1. The van der Waals surface area contributed by atoms with E-state index < -0.39 is 0 Å². The number of carbonyl (C=O) groups is 1. The number of anilines is 1. The van der Waals surface area contributed by atoms with E-state index in [1.54, 1.807) is 31.2 Å². The van der Waals surface area contributed by atoms with Crippen molar-refractivity contribution >= 4 is 17.7 Å². The van der Waals surface area contributed by atoms with Crippen molar-refractivity contribution < 1.29 is 9.18 Å². The zero-order valence-electron chi connectivity index (χ0n) is 27.3. The fourth-order valence-electron chi connectivity index (χ4n) is 5.39. The number of Topliss-reactive ketones (excluding diaryl/α,β-unsaturated/α-hetero) is 1. The number of aryl methyl sites for hydroxylation is 1. The van der Waals surface area contributed by atoms with Crippen LogP contribution in [0.2, 0.25) is 0 Å². The highest BCUT2D eigenvalue weighted by Gasteiger charge is 2.23. The van der Waals surface area contributed by atoms with Crippen molar-refractivity contribution in [2.24, 2.45) is 5.92 Å². The van der Waals surface area contributed by atoms with Gasteiger partial charge in [-0.2, -0.15) is 5.26 Å². The molecule has 2 rings (SSSR count). The highest BCUT2D eigenvalue weighted by atomic mass is 19.1. The third-order valence-electron chi connectivity index (χ3n) is 7.65. The number of hydrogen-bond acceptors (Lipinski definition) is 5. The number of likely N-dealkylation sites (tertiary alicyclic amines) is 1. The van der Waals surface area contributed by atoms with E-state index in [4.69, 9.17) is 11.4 Å². The van der Waals surface area contributed by atoms with Crippen molar-refractivity contribution in [1.82, 2.24) is 9.88 Å². The Hall–Kier alpha value is -4.00. The van der Waals surface area contributed by atoms with Gasteiger partial charge in [0, 0.05) is 48.0 Å². The van der Waals surface area contributed by atoms with E-state index in [1.165, 1.54) is 25.0 Å². The lowest BCUT2D eigenvalue weighted by Crippen LogP contribution is -2.28. The highest BCUT2D eigenvalue weighted by Crippen LogP contribution is 2.27. The van der Waals surface area contributed by atoms with Crippen LogP contribution in [0.25, 0.3) is 6.08 Å². The molecule has 0 bridgehead atoms. The third kappa shape index (κ3) is 12.3. The van der Waals surface area contributed by atoms with E-state index in [0.29, 0.717) is 35.4 Å². The number of pyridine rings is 1. The molecule has 1 aromatic rings. The first-order chi connectivity index (χ1) is 21.3. The number of terminal acetylenes is 1. The Morgan fingerprint density at radius 3 is 2.59 bits per heavy atom. The van der Waals surface area contributed by atoms with E-state index >= 15 is 0 Å². The predicted octanol–water partition coefficient (Wildman–Crippen LogP) is 9.09. The van der Waals surface area contributed by atoms with Crippen LogP contribution in [-0.4, -0.2) is 41.8 Å². The lowest BCUT2D eigenvalue weighted by molar-refractivity contribution is 0.0945. The summed E-state index contributed by atoms with van der Waals surface area (Å²) in [6, 6.07) is 3.90. The van der Waals surface area contributed by atoms with Crippen molar-refractivity contribution in [3.63, 3.8) is 0 Å². The van der Waals surface area contributed by atoms with Crippen LogP contribution < -0.4 is 5.32 Å². The normalized spacial score (nSPS) is 16.0. The Kier molecular flexibility index (Phi) is 16.5. The van der Waals surface area contributed by atoms with Crippen molar-refractivity contribution in [2.75, 3.05) is 31.5 Å². The van der Waals surface area contributed by atoms with Gasteiger partial charge in [-0.15, -0.1) is 6.42 Å². The van der Waals surface area contributed by atoms with Gasteiger partial charge >= 0.3 is 0 Å². The Balaban J connectivity index is 2.46. The van der Waals surface area contributed by atoms with Crippen molar-refractivity contribution in [3.8, 4) is 18.4 Å². The summed E-state index contributed by atoms with van der Waals surface area (Å²) in [5, 5.41) is 12.5. The molecule has 1 N–H and O–H groups in total. The van der Waals surface area contributed by atoms with Crippen molar-refractivity contribution in [3.05, 3.63) is 88.0 Å². The molecule has 1 atom stereocenters. The Bertz CT molecular complexity index is 1370. The molecule has 1 unspecified atom stereocenters. The highest BCUT2D eigenvalue weighted by molar-refractivity contribution is 6.00. The topological polar surface area (TPSA) is 69.0 Å². The number of nitrogens with one attached hydrogen (secondary N) is 1. The van der Waals surface area contributed by atoms with E-state index in [2.05, 4.69) is 29.1 Å². The van der Waals surface area contributed by atoms with Gasteiger partial charge in [-0.05, 0) is 90.6 Å². The lowest BCUT2D eigenvalue weighted by atomic mass is 9.90. The first kappa shape index (κ1) is 36.2. The zero-order valence-corrected chi connectivity index (χ0v) is 27.3. The van der Waals surface area contributed by atoms with Gasteiger partial charge in [-0.1, -0.05) is 61.6 Å². The molecule has 44 heavy (non-hydrogen) atoms. The van der Waals surface area contributed by atoms with Crippen LogP contribution in [0.15, 0.2) is 71.1 Å². The van der Waals surface area contributed by atoms with E-state index in [-0.39, 0.29) is 24.1 Å². The summed E-state index contributed by atoms with van der Waals surface area (Å²) < 4.78 is 14.7. The number of nitrogens with zero attached hydrogens (tertiary/aromatic N) is 3. The Morgan fingerprint density at radius 1 is 1.23 bits per heavy atom. The molecule has 1 fully saturated rings. The Labute approximate surface area is 265 Å². The molecule has 1 saturated heterocycles. The molecule has 1 aliphatic rings. The molecule has 0 amide bonds. The van der Waals surface area contributed by atoms with Crippen molar-refractivity contribution in [2.45, 2.75) is 79.6 Å². The predicted molar refractivity (Wildman–Crippen MR) is 183 cm³/mol. The van der Waals surface area contributed by atoms with E-state index in [9.17, 15) is 14.4 Å². The first-order valence-corrected chi connectivity index (χ1v) is 15.8. The molecule has 0 saturated carbocycles. The van der Waals surface area contributed by atoms with Gasteiger partial charge in [0.2, 0.25) is 0 Å². The molecular weight excluding hydrogens is 547 g/mol. The minimum Gasteiger partial charge on any atom is -0.366 e. The molecule has 1 aliphatic heterocycles. The molecule has 0 spiro atoms. The number of rotatable bonds is 17. The summed E-state index contributed by atoms with van der Waals surface area (Å²) in [6.07, 6.45) is 25.7. The summed E-state index contributed by atoms with van der Waals surface area (Å²) in [5.41, 5.74) is 4.09. The standard InChI is InChI=1S/C38H49FN4O/c1-7-11-19-32(28-43-21-12-13-22-43)24-37(44)35-25-38(41-27-33(16-9-3)36(39)17-10-4)42-30(6)34(35)23-29(5)18-14-20-31(26-40)15-8-2/h2,9-10,14-17,20,23,25,32H,7,11-13,18-19,21-22,24,27-28H2,1,3-6H3,(H,41,42)/b16-9-,17-10+,20-14-,29-23+,31-15+,36-33-. The largest absolute Gasteiger partial charge is 0.366 e. The van der Waals surface area contributed by atoms with Crippen LogP contribution in [0, 0.1) is 36.5 Å². The average molecular weight is 597 g/mol. The maximum Gasteiger partial charge on any atom is 0.164 e. The van der Waals surface area contributed by atoms with E-state index in [0.717, 1.165) is 55.7 Å². The van der Waals surface area contributed by atoms with Gasteiger partial charge in [0.25, 0.3) is 0 Å². The second kappa shape index (κ2) is 20.0. The van der Waals surface area contributed by atoms with Gasteiger partial charge in [0.1, 0.15) is 11.6 Å². The number of ketones is 1. The monoisotopic (exact) mass is 596 g/mol. The molecule has 1 aromatic heterocycles.